The first-order valence-corrected chi connectivity index (χ1v) is 6.84. The van der Waals surface area contributed by atoms with Crippen molar-refractivity contribution >= 4 is 5.91 Å². The molecule has 2 aliphatic heterocycles. The molecule has 0 aromatic carbocycles. The number of hydrogen-bond acceptors (Lipinski definition) is 3. The van der Waals surface area contributed by atoms with E-state index in [1.54, 1.807) is 0 Å². The zero-order chi connectivity index (χ0) is 12.3. The van der Waals surface area contributed by atoms with Crippen molar-refractivity contribution in [2.75, 3.05) is 40.3 Å². The lowest BCUT2D eigenvalue weighted by molar-refractivity contribution is -0.137. The van der Waals surface area contributed by atoms with Crippen LogP contribution in [0.15, 0.2) is 0 Å². The Morgan fingerprint density at radius 3 is 2.82 bits per heavy atom. The van der Waals surface area contributed by atoms with Crippen LogP contribution >= 0.6 is 0 Å². The number of carbonyl (C=O) groups is 1. The molecule has 2 atom stereocenters. The Morgan fingerprint density at radius 1 is 1.35 bits per heavy atom. The van der Waals surface area contributed by atoms with Crippen LogP contribution in [-0.2, 0) is 4.79 Å². The highest BCUT2D eigenvalue weighted by molar-refractivity contribution is 5.79. The van der Waals surface area contributed by atoms with E-state index in [4.69, 9.17) is 0 Å². The largest absolute Gasteiger partial charge is 0.341 e. The van der Waals surface area contributed by atoms with Gasteiger partial charge in [-0.3, -0.25) is 4.79 Å². The van der Waals surface area contributed by atoms with Crippen molar-refractivity contribution in [1.29, 1.82) is 0 Å². The van der Waals surface area contributed by atoms with E-state index in [1.807, 2.05) is 11.9 Å². The number of carbonyl (C=O) groups excluding carboxylic acids is 1. The molecule has 2 rings (SSSR count). The zero-order valence-corrected chi connectivity index (χ0v) is 11.1. The zero-order valence-electron chi connectivity index (χ0n) is 11.1. The molecule has 0 radical (unpaired) electrons. The highest BCUT2D eigenvalue weighted by atomic mass is 16.2. The second-order valence-electron chi connectivity index (χ2n) is 5.55. The van der Waals surface area contributed by atoms with E-state index in [1.165, 1.54) is 13.0 Å². The summed E-state index contributed by atoms with van der Waals surface area (Å²) in [5.74, 6) is 0.554. The minimum absolute atomic E-state index is 0.209. The van der Waals surface area contributed by atoms with E-state index >= 15 is 0 Å². The van der Waals surface area contributed by atoms with Crippen molar-refractivity contribution in [3.8, 4) is 0 Å². The predicted molar refractivity (Wildman–Crippen MR) is 68.9 cm³/mol. The first kappa shape index (κ1) is 12.8. The molecule has 17 heavy (non-hydrogen) atoms. The molecule has 0 saturated carbocycles. The van der Waals surface area contributed by atoms with Gasteiger partial charge in [-0.05, 0) is 45.8 Å². The highest BCUT2D eigenvalue weighted by Crippen LogP contribution is 2.18. The Morgan fingerprint density at radius 2 is 2.18 bits per heavy atom. The number of nitrogens with one attached hydrogen (secondary N) is 1. The monoisotopic (exact) mass is 239 g/mol. The first-order valence-electron chi connectivity index (χ1n) is 6.84. The van der Waals surface area contributed by atoms with Gasteiger partial charge in [-0.2, -0.15) is 0 Å². The van der Waals surface area contributed by atoms with Crippen LogP contribution in [0.25, 0.3) is 0 Å². The summed E-state index contributed by atoms with van der Waals surface area (Å²) in [6.45, 7) is 4.14. The molecule has 4 heteroatoms. The molecular formula is C13H25N3O. The SMILES string of the molecule is CN1CCCC(N(C)C(=O)C2CCCNC2)C1. The Bertz CT molecular complexity index is 263. The van der Waals surface area contributed by atoms with Gasteiger partial charge in [0, 0.05) is 26.2 Å². The van der Waals surface area contributed by atoms with Crippen molar-refractivity contribution in [3.63, 3.8) is 0 Å². The molecule has 0 spiro atoms. The molecule has 98 valence electrons. The van der Waals surface area contributed by atoms with Crippen LogP contribution in [0.4, 0.5) is 0 Å². The third-order valence-electron chi connectivity index (χ3n) is 4.14. The summed E-state index contributed by atoms with van der Waals surface area (Å²) in [4.78, 5) is 16.7. The average molecular weight is 239 g/mol. The topological polar surface area (TPSA) is 35.6 Å². The maximum Gasteiger partial charge on any atom is 0.227 e. The number of likely N-dealkylation sites (tertiary alicyclic amines) is 1. The van der Waals surface area contributed by atoms with Gasteiger partial charge in [-0.25, -0.2) is 0 Å². The summed E-state index contributed by atoms with van der Waals surface area (Å²) in [6, 6.07) is 0.420. The summed E-state index contributed by atoms with van der Waals surface area (Å²) in [7, 11) is 4.13. The van der Waals surface area contributed by atoms with E-state index in [0.29, 0.717) is 11.9 Å². The van der Waals surface area contributed by atoms with E-state index in [9.17, 15) is 4.79 Å². The van der Waals surface area contributed by atoms with Gasteiger partial charge in [0.05, 0.1) is 5.92 Å². The summed E-state index contributed by atoms with van der Waals surface area (Å²) >= 11 is 0. The van der Waals surface area contributed by atoms with Crippen molar-refractivity contribution in [3.05, 3.63) is 0 Å². The lowest BCUT2D eigenvalue weighted by Crippen LogP contribution is -2.50. The predicted octanol–water partition coefficient (Wildman–Crippen LogP) is 0.539. The quantitative estimate of drug-likeness (QED) is 0.764. The molecule has 2 heterocycles. The van der Waals surface area contributed by atoms with Crippen molar-refractivity contribution < 1.29 is 4.79 Å². The molecule has 0 aromatic rings. The summed E-state index contributed by atoms with van der Waals surface area (Å²) in [5.41, 5.74) is 0. The van der Waals surface area contributed by atoms with E-state index in [0.717, 1.165) is 38.9 Å². The standard InChI is InChI=1S/C13H25N3O/c1-15-8-4-6-12(10-15)16(2)13(17)11-5-3-7-14-9-11/h11-12,14H,3-10H2,1-2H3. The number of hydrogen-bond donors (Lipinski definition) is 1. The molecule has 1 N–H and O–H groups in total. The van der Waals surface area contributed by atoms with E-state index in [-0.39, 0.29) is 5.92 Å². The van der Waals surface area contributed by atoms with Crippen LogP contribution in [0.1, 0.15) is 25.7 Å². The van der Waals surface area contributed by atoms with Crippen LogP contribution < -0.4 is 5.32 Å². The number of likely N-dealkylation sites (N-methyl/N-ethyl adjacent to an activating group) is 2. The van der Waals surface area contributed by atoms with Gasteiger partial charge in [-0.1, -0.05) is 0 Å². The van der Waals surface area contributed by atoms with Crippen molar-refractivity contribution in [2.45, 2.75) is 31.7 Å². The molecule has 2 fully saturated rings. The third-order valence-corrected chi connectivity index (χ3v) is 4.14. The summed E-state index contributed by atoms with van der Waals surface area (Å²) < 4.78 is 0. The van der Waals surface area contributed by atoms with Gasteiger partial charge >= 0.3 is 0 Å². The lowest BCUT2D eigenvalue weighted by atomic mass is 9.96. The van der Waals surface area contributed by atoms with E-state index < -0.39 is 0 Å². The molecule has 2 saturated heterocycles. The number of amides is 1. The van der Waals surface area contributed by atoms with Gasteiger partial charge in [0.2, 0.25) is 5.91 Å². The maximum absolute atomic E-state index is 12.4. The molecule has 0 aromatic heterocycles. The fourth-order valence-electron chi connectivity index (χ4n) is 2.99. The molecular weight excluding hydrogens is 214 g/mol. The Balaban J connectivity index is 1.89. The van der Waals surface area contributed by atoms with Crippen molar-refractivity contribution in [2.24, 2.45) is 5.92 Å². The van der Waals surface area contributed by atoms with Crippen LogP contribution in [-0.4, -0.2) is 62.0 Å². The molecule has 2 unspecified atom stereocenters. The smallest absolute Gasteiger partial charge is 0.227 e. The fourth-order valence-corrected chi connectivity index (χ4v) is 2.99. The van der Waals surface area contributed by atoms with Crippen LogP contribution in [0.3, 0.4) is 0 Å². The number of rotatable bonds is 2. The number of piperidine rings is 2. The third kappa shape index (κ3) is 3.19. The summed E-state index contributed by atoms with van der Waals surface area (Å²) in [5, 5.41) is 3.32. The molecule has 0 bridgehead atoms. The first-order chi connectivity index (χ1) is 8.18. The summed E-state index contributed by atoms with van der Waals surface area (Å²) in [6.07, 6.45) is 4.56. The molecule has 1 amide bonds. The second-order valence-corrected chi connectivity index (χ2v) is 5.55. The second kappa shape index (κ2) is 5.83. The normalized spacial score (nSPS) is 31.2. The Hall–Kier alpha value is -0.610. The van der Waals surface area contributed by atoms with Gasteiger partial charge in [0.1, 0.15) is 0 Å². The minimum Gasteiger partial charge on any atom is -0.341 e. The maximum atomic E-state index is 12.4. The lowest BCUT2D eigenvalue weighted by Gasteiger charge is -2.38. The van der Waals surface area contributed by atoms with Gasteiger partial charge in [0.15, 0.2) is 0 Å². The molecule has 0 aliphatic carbocycles. The minimum atomic E-state index is 0.209. The molecule has 2 aliphatic rings. The van der Waals surface area contributed by atoms with Crippen LogP contribution in [0, 0.1) is 5.92 Å². The highest BCUT2D eigenvalue weighted by Gasteiger charge is 2.29. The van der Waals surface area contributed by atoms with E-state index in [2.05, 4.69) is 17.3 Å². The Kier molecular flexibility index (Phi) is 4.40. The molecule has 4 nitrogen and oxygen atoms in total. The fraction of sp³-hybridized carbons (Fsp3) is 0.923. The van der Waals surface area contributed by atoms with Gasteiger partial charge < -0.3 is 15.1 Å². The van der Waals surface area contributed by atoms with Crippen LogP contribution in [0.5, 0.6) is 0 Å². The Labute approximate surface area is 104 Å². The van der Waals surface area contributed by atoms with Gasteiger partial charge in [0.25, 0.3) is 0 Å². The van der Waals surface area contributed by atoms with Gasteiger partial charge in [-0.15, -0.1) is 0 Å². The van der Waals surface area contributed by atoms with Crippen LogP contribution in [0.2, 0.25) is 0 Å². The van der Waals surface area contributed by atoms with Crippen molar-refractivity contribution in [1.82, 2.24) is 15.1 Å². The number of nitrogens with zero attached hydrogens (tertiary/aromatic N) is 2. The average Bonchev–Trinajstić information content (AvgIpc) is 2.38.